The summed E-state index contributed by atoms with van der Waals surface area (Å²) < 4.78 is 7.44. The maximum absolute atomic E-state index is 11.9. The van der Waals surface area contributed by atoms with Gasteiger partial charge in [-0.2, -0.15) is 0 Å². The van der Waals surface area contributed by atoms with Gasteiger partial charge < -0.3 is 14.4 Å². The van der Waals surface area contributed by atoms with Crippen LogP contribution >= 0.6 is 0 Å². The number of aryl methyl sites for hydroxylation is 1. The Kier molecular flexibility index (Phi) is 5.82. The lowest BCUT2D eigenvalue weighted by Crippen LogP contribution is -2.25. The van der Waals surface area contributed by atoms with Gasteiger partial charge in [0, 0.05) is 38.1 Å². The number of hydrogen-bond acceptors (Lipinski definition) is 4. The Morgan fingerprint density at radius 1 is 1.33 bits per heavy atom. The Labute approximate surface area is 126 Å². The predicted octanol–water partition coefficient (Wildman–Crippen LogP) is 1.88. The van der Waals surface area contributed by atoms with E-state index in [-0.39, 0.29) is 11.2 Å². The maximum atomic E-state index is 11.9. The van der Waals surface area contributed by atoms with E-state index in [4.69, 9.17) is 4.74 Å². The molecule has 1 aromatic rings. The zero-order chi connectivity index (χ0) is 15.2. The van der Waals surface area contributed by atoms with Crippen LogP contribution in [0.5, 0.6) is 5.75 Å². The van der Waals surface area contributed by atoms with Gasteiger partial charge in [-0.3, -0.25) is 9.69 Å². The van der Waals surface area contributed by atoms with E-state index in [1.807, 2.05) is 13.8 Å². The van der Waals surface area contributed by atoms with Crippen molar-refractivity contribution >= 4 is 0 Å². The topological polar surface area (TPSA) is 54.7 Å². The molecule has 2 heterocycles. The van der Waals surface area contributed by atoms with Crippen molar-refractivity contribution in [1.82, 2.24) is 9.47 Å². The van der Waals surface area contributed by atoms with Gasteiger partial charge in [0.05, 0.1) is 5.69 Å². The SMILES string of the molecule is CCOCCCn1c(C)cc(=O)c(O)c1CN1CCCC1. The number of rotatable bonds is 7. The summed E-state index contributed by atoms with van der Waals surface area (Å²) in [6.07, 6.45) is 3.27. The first-order chi connectivity index (χ1) is 10.1. The number of aromatic nitrogens is 1. The van der Waals surface area contributed by atoms with Crippen molar-refractivity contribution in [1.29, 1.82) is 0 Å². The molecule has 1 saturated heterocycles. The van der Waals surface area contributed by atoms with E-state index in [1.54, 1.807) is 0 Å². The number of ether oxygens (including phenoxy) is 1. The van der Waals surface area contributed by atoms with E-state index in [1.165, 1.54) is 18.9 Å². The minimum Gasteiger partial charge on any atom is -0.503 e. The molecule has 5 heteroatoms. The Hall–Kier alpha value is -1.33. The lowest BCUT2D eigenvalue weighted by molar-refractivity contribution is 0.141. The first-order valence-corrected chi connectivity index (χ1v) is 7.86. The zero-order valence-electron chi connectivity index (χ0n) is 13.1. The van der Waals surface area contributed by atoms with Gasteiger partial charge in [0.25, 0.3) is 0 Å². The van der Waals surface area contributed by atoms with Crippen molar-refractivity contribution in [2.45, 2.75) is 46.2 Å². The van der Waals surface area contributed by atoms with Gasteiger partial charge in [-0.05, 0) is 46.2 Å². The van der Waals surface area contributed by atoms with Gasteiger partial charge in [-0.25, -0.2) is 0 Å². The zero-order valence-corrected chi connectivity index (χ0v) is 13.1. The molecule has 1 aliphatic rings. The average Bonchev–Trinajstić information content (AvgIpc) is 2.96. The number of hydrogen-bond donors (Lipinski definition) is 1. The molecular formula is C16H26N2O3. The minimum atomic E-state index is -0.275. The Morgan fingerprint density at radius 3 is 2.71 bits per heavy atom. The summed E-state index contributed by atoms with van der Waals surface area (Å²) in [4.78, 5) is 14.2. The third kappa shape index (κ3) is 4.08. The molecule has 0 saturated carbocycles. The van der Waals surface area contributed by atoms with Gasteiger partial charge in [-0.15, -0.1) is 0 Å². The average molecular weight is 294 g/mol. The van der Waals surface area contributed by atoms with Crippen LogP contribution in [0, 0.1) is 6.92 Å². The summed E-state index contributed by atoms with van der Waals surface area (Å²) in [6, 6.07) is 1.52. The van der Waals surface area contributed by atoms with E-state index in [0.717, 1.165) is 44.0 Å². The highest BCUT2D eigenvalue weighted by Crippen LogP contribution is 2.20. The number of nitrogens with zero attached hydrogens (tertiary/aromatic N) is 2. The second-order valence-corrected chi connectivity index (χ2v) is 5.63. The molecule has 0 atom stereocenters. The van der Waals surface area contributed by atoms with Gasteiger partial charge in [0.1, 0.15) is 0 Å². The van der Waals surface area contributed by atoms with Crippen molar-refractivity contribution in [2.75, 3.05) is 26.3 Å². The molecule has 5 nitrogen and oxygen atoms in total. The van der Waals surface area contributed by atoms with Crippen LogP contribution < -0.4 is 5.43 Å². The van der Waals surface area contributed by atoms with Crippen molar-refractivity contribution < 1.29 is 9.84 Å². The smallest absolute Gasteiger partial charge is 0.223 e. The maximum Gasteiger partial charge on any atom is 0.223 e. The largest absolute Gasteiger partial charge is 0.503 e. The fourth-order valence-corrected chi connectivity index (χ4v) is 2.91. The van der Waals surface area contributed by atoms with Gasteiger partial charge in [-0.1, -0.05) is 0 Å². The molecule has 0 radical (unpaired) electrons. The van der Waals surface area contributed by atoms with Crippen LogP contribution in [0.3, 0.4) is 0 Å². The van der Waals surface area contributed by atoms with Gasteiger partial charge in [0.2, 0.25) is 5.43 Å². The number of likely N-dealkylation sites (tertiary alicyclic amines) is 1. The molecule has 1 aliphatic heterocycles. The molecule has 21 heavy (non-hydrogen) atoms. The van der Waals surface area contributed by atoms with Crippen molar-refractivity contribution in [3.8, 4) is 5.75 Å². The van der Waals surface area contributed by atoms with Crippen LogP contribution in [0.25, 0.3) is 0 Å². The minimum absolute atomic E-state index is 0.0936. The monoisotopic (exact) mass is 294 g/mol. The van der Waals surface area contributed by atoms with Crippen LogP contribution in [0.4, 0.5) is 0 Å². The van der Waals surface area contributed by atoms with Gasteiger partial charge >= 0.3 is 0 Å². The summed E-state index contributed by atoms with van der Waals surface area (Å²) in [5.41, 5.74) is 1.38. The normalized spacial score (nSPS) is 15.7. The Morgan fingerprint density at radius 2 is 2.05 bits per heavy atom. The van der Waals surface area contributed by atoms with E-state index >= 15 is 0 Å². The summed E-state index contributed by atoms with van der Waals surface area (Å²) >= 11 is 0. The first kappa shape index (κ1) is 16.0. The lowest BCUT2D eigenvalue weighted by atomic mass is 10.2. The number of pyridine rings is 1. The van der Waals surface area contributed by atoms with Crippen LogP contribution in [0.15, 0.2) is 10.9 Å². The molecule has 1 N–H and O–H groups in total. The highest BCUT2D eigenvalue weighted by Gasteiger charge is 2.18. The molecule has 1 fully saturated rings. The van der Waals surface area contributed by atoms with Crippen molar-refractivity contribution in [3.63, 3.8) is 0 Å². The van der Waals surface area contributed by atoms with E-state index in [2.05, 4.69) is 9.47 Å². The fraction of sp³-hybridized carbons (Fsp3) is 0.688. The third-order valence-electron chi connectivity index (χ3n) is 4.04. The van der Waals surface area contributed by atoms with Crippen molar-refractivity contribution in [2.24, 2.45) is 0 Å². The summed E-state index contributed by atoms with van der Waals surface area (Å²) in [6.45, 7) is 8.83. The molecule has 2 rings (SSSR count). The predicted molar refractivity (Wildman–Crippen MR) is 82.7 cm³/mol. The van der Waals surface area contributed by atoms with E-state index in [9.17, 15) is 9.90 Å². The van der Waals surface area contributed by atoms with Crippen molar-refractivity contribution in [3.05, 3.63) is 27.7 Å². The molecular weight excluding hydrogens is 268 g/mol. The van der Waals surface area contributed by atoms with Crippen LogP contribution in [-0.2, 0) is 17.8 Å². The highest BCUT2D eigenvalue weighted by molar-refractivity contribution is 5.29. The van der Waals surface area contributed by atoms with E-state index in [0.29, 0.717) is 13.2 Å². The molecule has 0 spiro atoms. The third-order valence-corrected chi connectivity index (χ3v) is 4.04. The Balaban J connectivity index is 2.19. The van der Waals surface area contributed by atoms with Crippen LogP contribution in [0.1, 0.15) is 37.6 Å². The molecule has 118 valence electrons. The van der Waals surface area contributed by atoms with Gasteiger partial charge in [0.15, 0.2) is 5.75 Å². The summed E-state index contributed by atoms with van der Waals surface area (Å²) in [5, 5.41) is 10.2. The molecule has 0 bridgehead atoms. The Bertz CT molecular complexity index is 519. The van der Waals surface area contributed by atoms with Crippen LogP contribution in [-0.4, -0.2) is 40.9 Å². The number of aromatic hydroxyl groups is 1. The second-order valence-electron chi connectivity index (χ2n) is 5.63. The molecule has 0 amide bonds. The molecule has 0 aromatic carbocycles. The second kappa shape index (κ2) is 7.61. The first-order valence-electron chi connectivity index (χ1n) is 7.86. The molecule has 0 aliphatic carbocycles. The van der Waals surface area contributed by atoms with E-state index < -0.39 is 0 Å². The molecule has 1 aromatic heterocycles. The highest BCUT2D eigenvalue weighted by atomic mass is 16.5. The molecule has 0 unspecified atom stereocenters. The quantitative estimate of drug-likeness (QED) is 0.780. The lowest BCUT2D eigenvalue weighted by Gasteiger charge is -2.22. The fourth-order valence-electron chi connectivity index (χ4n) is 2.91. The standard InChI is InChI=1S/C16H26N2O3/c1-3-21-10-6-9-18-13(2)11-15(19)16(20)14(18)12-17-7-4-5-8-17/h11,20H,3-10,12H2,1-2H3. The summed E-state index contributed by atoms with van der Waals surface area (Å²) in [7, 11) is 0. The summed E-state index contributed by atoms with van der Waals surface area (Å²) in [5.74, 6) is -0.0936. The van der Waals surface area contributed by atoms with Crippen LogP contribution in [0.2, 0.25) is 0 Å².